The van der Waals surface area contributed by atoms with Crippen molar-refractivity contribution in [3.05, 3.63) is 12.3 Å². The van der Waals surface area contributed by atoms with Crippen molar-refractivity contribution in [2.24, 2.45) is 0 Å². The first-order chi connectivity index (χ1) is 7.52. The number of aliphatic hydroxyl groups is 4. The number of hydrogen-bond acceptors (Lipinski definition) is 7. The molecule has 0 radical (unpaired) electrons. The topological polar surface area (TPSA) is 124 Å². The molecule has 1 aliphatic heterocycles. The Kier molecular flexibility index (Phi) is 7.31. The van der Waals surface area contributed by atoms with E-state index in [9.17, 15) is 9.59 Å². The zero-order valence-corrected chi connectivity index (χ0v) is 8.39. The Hall–Kier alpha value is -1.28. The van der Waals surface area contributed by atoms with Gasteiger partial charge in [0, 0.05) is 0 Å². The lowest BCUT2D eigenvalue weighted by Gasteiger charge is -2.16. The molecule has 7 nitrogen and oxygen atoms in total. The lowest BCUT2D eigenvalue weighted by molar-refractivity contribution is -0.135. The zero-order valence-electron chi connectivity index (χ0n) is 8.39. The minimum absolute atomic E-state index is 0.0869. The molecule has 1 heterocycles. The van der Waals surface area contributed by atoms with Gasteiger partial charge in [0.25, 0.3) is 0 Å². The van der Waals surface area contributed by atoms with Crippen molar-refractivity contribution < 1.29 is 34.8 Å². The molecule has 0 saturated heterocycles. The molecule has 92 valence electrons. The molecule has 0 saturated carbocycles. The number of rotatable bonds is 4. The largest absolute Gasteiger partial charge is 0.435 e. The first kappa shape index (κ1) is 14.7. The van der Waals surface area contributed by atoms with E-state index < -0.39 is 24.9 Å². The van der Waals surface area contributed by atoms with Gasteiger partial charge in [-0.25, -0.2) is 0 Å². The third-order valence-corrected chi connectivity index (χ3v) is 1.65. The van der Waals surface area contributed by atoms with E-state index in [-0.39, 0.29) is 12.3 Å². The summed E-state index contributed by atoms with van der Waals surface area (Å²) in [5, 5.41) is 34.1. The highest BCUT2D eigenvalue weighted by Gasteiger charge is 2.22. The first-order valence-corrected chi connectivity index (χ1v) is 4.47. The fourth-order valence-corrected chi connectivity index (χ4v) is 0.733. The number of ether oxygens (including phenoxy) is 1. The monoisotopic (exact) mass is 234 g/mol. The minimum Gasteiger partial charge on any atom is -0.435 e. The van der Waals surface area contributed by atoms with Crippen LogP contribution in [0.25, 0.3) is 0 Å². The van der Waals surface area contributed by atoms with Gasteiger partial charge in [-0.05, 0) is 6.08 Å². The van der Waals surface area contributed by atoms with E-state index >= 15 is 0 Å². The molecule has 3 atom stereocenters. The molecule has 4 N–H and O–H groups in total. The summed E-state index contributed by atoms with van der Waals surface area (Å²) in [5.41, 5.74) is 0. The van der Waals surface area contributed by atoms with Crippen molar-refractivity contribution in [1.82, 2.24) is 0 Å². The molecule has 0 aromatic heterocycles. The predicted octanol–water partition coefficient (Wildman–Crippen LogP) is -2.29. The minimum atomic E-state index is -1.64. The summed E-state index contributed by atoms with van der Waals surface area (Å²) < 4.78 is 4.33. The third-order valence-electron chi connectivity index (χ3n) is 1.65. The zero-order chi connectivity index (χ0) is 12.6. The van der Waals surface area contributed by atoms with E-state index in [1.165, 1.54) is 6.26 Å². The van der Waals surface area contributed by atoms with Crippen molar-refractivity contribution in [3.8, 4) is 0 Å². The highest BCUT2D eigenvalue weighted by molar-refractivity contribution is 5.73. The summed E-state index contributed by atoms with van der Waals surface area (Å²) in [6.07, 6.45) is -1.10. The van der Waals surface area contributed by atoms with Gasteiger partial charge < -0.3 is 30.0 Å². The maximum atomic E-state index is 9.96. The van der Waals surface area contributed by atoms with Gasteiger partial charge >= 0.3 is 5.97 Å². The summed E-state index contributed by atoms with van der Waals surface area (Å²) in [6, 6.07) is 0. The van der Waals surface area contributed by atoms with Gasteiger partial charge in [-0.3, -0.25) is 4.79 Å². The second kappa shape index (κ2) is 7.94. The summed E-state index contributed by atoms with van der Waals surface area (Å²) in [5.74, 6) is -0.157. The van der Waals surface area contributed by atoms with Crippen LogP contribution in [0.5, 0.6) is 0 Å². The van der Waals surface area contributed by atoms with Crippen LogP contribution in [-0.2, 0) is 14.3 Å². The predicted molar refractivity (Wildman–Crippen MR) is 51.0 cm³/mol. The molecule has 0 fully saturated rings. The molecule has 0 aromatic rings. The van der Waals surface area contributed by atoms with Gasteiger partial charge in [-0.2, -0.15) is 0 Å². The van der Waals surface area contributed by atoms with Crippen LogP contribution in [0.15, 0.2) is 12.3 Å². The van der Waals surface area contributed by atoms with Gasteiger partial charge in [0.1, 0.15) is 18.3 Å². The van der Waals surface area contributed by atoms with Crippen LogP contribution in [0.2, 0.25) is 0 Å². The molecule has 0 bridgehead atoms. The molecule has 7 heteroatoms. The smallest absolute Gasteiger partial charge is 0.314 e. The molecule has 16 heavy (non-hydrogen) atoms. The number of cyclic esters (lactones) is 1. The van der Waals surface area contributed by atoms with Gasteiger partial charge in [-0.1, -0.05) is 0 Å². The van der Waals surface area contributed by atoms with Crippen molar-refractivity contribution in [1.29, 1.82) is 0 Å². The van der Waals surface area contributed by atoms with Gasteiger partial charge in [0.15, 0.2) is 6.29 Å². The standard InChI is InChI=1S/C5H10O5.C4H4O2/c6-1-3(8)5(10)4(9)2-7;5-4-2-1-3-6-4/h1,3-5,7-10H,2H2;1,3H,2H2. The molecule has 3 unspecified atom stereocenters. The van der Waals surface area contributed by atoms with Crippen LogP contribution in [-0.4, -0.2) is 57.6 Å². The number of hydrogen-bond donors (Lipinski definition) is 4. The highest BCUT2D eigenvalue weighted by atomic mass is 16.5. The quantitative estimate of drug-likeness (QED) is 0.318. The SMILES string of the molecule is O=C1CC=CO1.O=CC(O)C(O)C(O)CO. The summed E-state index contributed by atoms with van der Waals surface area (Å²) in [4.78, 5) is 19.7. The normalized spacial score (nSPS) is 19.1. The van der Waals surface area contributed by atoms with Gasteiger partial charge in [0.2, 0.25) is 0 Å². The third kappa shape index (κ3) is 5.56. The Labute approximate surface area is 91.6 Å². The lowest BCUT2D eigenvalue weighted by atomic mass is 10.1. The number of aldehydes is 1. The van der Waals surface area contributed by atoms with E-state index in [4.69, 9.17) is 20.4 Å². The maximum Gasteiger partial charge on any atom is 0.314 e. The average Bonchev–Trinajstić information content (AvgIpc) is 2.77. The second-order valence-corrected chi connectivity index (χ2v) is 2.93. The summed E-state index contributed by atoms with van der Waals surface area (Å²) in [6.45, 7) is -0.688. The lowest BCUT2D eigenvalue weighted by Crippen LogP contribution is -2.40. The fourth-order valence-electron chi connectivity index (χ4n) is 0.733. The van der Waals surface area contributed by atoms with Crippen LogP contribution < -0.4 is 0 Å². The van der Waals surface area contributed by atoms with E-state index in [2.05, 4.69) is 4.74 Å². The first-order valence-electron chi connectivity index (χ1n) is 4.47. The number of carbonyl (C=O) groups excluding carboxylic acids is 2. The summed E-state index contributed by atoms with van der Waals surface area (Å²) in [7, 11) is 0. The van der Waals surface area contributed by atoms with E-state index in [0.29, 0.717) is 6.42 Å². The van der Waals surface area contributed by atoms with Crippen molar-refractivity contribution >= 4 is 12.3 Å². The Bertz CT molecular complexity index is 240. The van der Waals surface area contributed by atoms with Crippen LogP contribution in [0, 0.1) is 0 Å². The molecular weight excluding hydrogens is 220 g/mol. The van der Waals surface area contributed by atoms with Gasteiger partial charge in [-0.15, -0.1) is 0 Å². The maximum absolute atomic E-state index is 9.96. The molecule has 0 amide bonds. The second-order valence-electron chi connectivity index (χ2n) is 2.93. The molecule has 0 aliphatic carbocycles. The van der Waals surface area contributed by atoms with E-state index in [1.54, 1.807) is 6.08 Å². The molecule has 0 aromatic carbocycles. The van der Waals surface area contributed by atoms with E-state index in [1.807, 2.05) is 0 Å². The Morgan fingerprint density at radius 2 is 2.06 bits per heavy atom. The summed E-state index contributed by atoms with van der Waals surface area (Å²) >= 11 is 0. The van der Waals surface area contributed by atoms with Gasteiger partial charge in [0.05, 0.1) is 19.3 Å². The van der Waals surface area contributed by atoms with Crippen LogP contribution >= 0.6 is 0 Å². The number of esters is 1. The fraction of sp³-hybridized carbons (Fsp3) is 0.556. The van der Waals surface area contributed by atoms with Crippen molar-refractivity contribution in [3.63, 3.8) is 0 Å². The molecule has 1 aliphatic rings. The van der Waals surface area contributed by atoms with Crippen molar-refractivity contribution in [2.75, 3.05) is 6.61 Å². The highest BCUT2D eigenvalue weighted by Crippen LogP contribution is 1.97. The molecule has 1 rings (SSSR count). The molecule has 0 spiro atoms. The van der Waals surface area contributed by atoms with Crippen LogP contribution in [0.3, 0.4) is 0 Å². The Morgan fingerprint density at radius 1 is 1.44 bits per heavy atom. The van der Waals surface area contributed by atoms with Crippen LogP contribution in [0.1, 0.15) is 6.42 Å². The molecular formula is C9H14O7. The van der Waals surface area contributed by atoms with Crippen molar-refractivity contribution in [2.45, 2.75) is 24.7 Å². The number of carbonyl (C=O) groups is 2. The van der Waals surface area contributed by atoms with Crippen LogP contribution in [0.4, 0.5) is 0 Å². The Balaban J connectivity index is 0.000000315. The average molecular weight is 234 g/mol. The number of aliphatic hydroxyl groups excluding tert-OH is 4. The van der Waals surface area contributed by atoms with E-state index in [0.717, 1.165) is 0 Å². The Morgan fingerprint density at radius 3 is 2.31 bits per heavy atom.